The number of benzene rings is 2. The van der Waals surface area contributed by atoms with Crippen molar-refractivity contribution in [2.24, 2.45) is 0 Å². The number of anilines is 2. The van der Waals surface area contributed by atoms with Crippen LogP contribution in [-0.2, 0) is 0 Å². The largest absolute Gasteiger partial charge is 0.379 e. The van der Waals surface area contributed by atoms with E-state index < -0.39 is 0 Å². The highest BCUT2D eigenvalue weighted by Gasteiger charge is 2.18. The van der Waals surface area contributed by atoms with E-state index in [-0.39, 0.29) is 10.6 Å². The van der Waals surface area contributed by atoms with Crippen molar-refractivity contribution in [3.8, 4) is 0 Å². The van der Waals surface area contributed by atoms with E-state index in [2.05, 4.69) is 20.2 Å². The van der Waals surface area contributed by atoms with E-state index in [0.29, 0.717) is 12.2 Å². The van der Waals surface area contributed by atoms with Gasteiger partial charge in [-0.05, 0) is 37.1 Å². The number of fused-ring (bicyclic) bond motifs is 1. The second-order valence-corrected chi connectivity index (χ2v) is 7.57. The predicted octanol–water partition coefficient (Wildman–Crippen LogP) is 4.28. The zero-order chi connectivity index (χ0) is 18.6. The average Bonchev–Trinajstić information content (AvgIpc) is 3.34. The fraction of sp³-hybridized carbons (Fsp3) is 0.316. The molecule has 1 saturated heterocycles. The summed E-state index contributed by atoms with van der Waals surface area (Å²) < 4.78 is 0. The van der Waals surface area contributed by atoms with Crippen molar-refractivity contribution in [1.82, 2.24) is 9.97 Å². The normalized spacial score (nSPS) is 14.0. The summed E-state index contributed by atoms with van der Waals surface area (Å²) in [6.45, 7) is 2.64. The van der Waals surface area contributed by atoms with E-state index in [4.69, 9.17) is 0 Å². The fourth-order valence-corrected chi connectivity index (χ4v) is 4.07. The van der Waals surface area contributed by atoms with Crippen molar-refractivity contribution >= 4 is 39.9 Å². The molecule has 8 heteroatoms. The van der Waals surface area contributed by atoms with Gasteiger partial charge < -0.3 is 15.2 Å². The zero-order valence-corrected chi connectivity index (χ0v) is 15.7. The fourth-order valence-electron chi connectivity index (χ4n) is 3.33. The number of aromatic amines is 1. The second-order valence-electron chi connectivity index (χ2n) is 6.49. The highest BCUT2D eigenvalue weighted by atomic mass is 32.2. The van der Waals surface area contributed by atoms with E-state index >= 15 is 0 Å². The number of thioether (sulfide) groups is 1. The molecule has 2 heterocycles. The summed E-state index contributed by atoms with van der Waals surface area (Å²) >= 11 is 1.60. The number of para-hydroxylation sites is 2. The number of nitro benzene ring substituents is 1. The first-order valence-electron chi connectivity index (χ1n) is 9.05. The van der Waals surface area contributed by atoms with E-state index in [1.165, 1.54) is 12.8 Å². The van der Waals surface area contributed by atoms with Gasteiger partial charge in [-0.1, -0.05) is 23.9 Å². The molecule has 3 aromatic rings. The smallest absolute Gasteiger partial charge is 0.292 e. The van der Waals surface area contributed by atoms with Gasteiger partial charge >= 0.3 is 0 Å². The van der Waals surface area contributed by atoms with Crippen LogP contribution in [0.5, 0.6) is 0 Å². The lowest BCUT2D eigenvalue weighted by atomic mass is 10.2. The number of nitro groups is 1. The minimum Gasteiger partial charge on any atom is -0.379 e. The van der Waals surface area contributed by atoms with Crippen LogP contribution in [0.25, 0.3) is 11.0 Å². The molecular weight excluding hydrogens is 362 g/mol. The number of aromatic nitrogens is 2. The lowest BCUT2D eigenvalue weighted by Crippen LogP contribution is -2.18. The van der Waals surface area contributed by atoms with Gasteiger partial charge in [-0.15, -0.1) is 0 Å². The molecule has 0 radical (unpaired) electrons. The Kier molecular flexibility index (Phi) is 5.15. The maximum Gasteiger partial charge on any atom is 0.292 e. The van der Waals surface area contributed by atoms with Crippen LogP contribution < -0.4 is 10.2 Å². The summed E-state index contributed by atoms with van der Waals surface area (Å²) in [5.74, 6) is 0.755. The molecule has 0 spiro atoms. The minimum atomic E-state index is -0.331. The first-order chi connectivity index (χ1) is 13.2. The van der Waals surface area contributed by atoms with Gasteiger partial charge in [0, 0.05) is 37.1 Å². The Hall–Kier alpha value is -2.74. The Morgan fingerprint density at radius 1 is 1.22 bits per heavy atom. The van der Waals surface area contributed by atoms with Gasteiger partial charge in [0.1, 0.15) is 5.69 Å². The van der Waals surface area contributed by atoms with Gasteiger partial charge in [-0.2, -0.15) is 0 Å². The van der Waals surface area contributed by atoms with E-state index in [0.717, 1.165) is 40.7 Å². The zero-order valence-electron chi connectivity index (χ0n) is 14.9. The quantitative estimate of drug-likeness (QED) is 0.274. The Bertz CT molecular complexity index is 919. The molecule has 1 aliphatic rings. The third kappa shape index (κ3) is 4.00. The van der Waals surface area contributed by atoms with Crippen LogP contribution in [0.4, 0.5) is 17.1 Å². The van der Waals surface area contributed by atoms with Crippen LogP contribution in [0, 0.1) is 10.1 Å². The SMILES string of the molecule is O=[N+]([O-])c1ccc(N2CCCC2)cc1NCCSc1nc2ccccc2[nH]1. The van der Waals surface area contributed by atoms with Crippen LogP contribution in [-0.4, -0.2) is 40.3 Å². The standard InChI is InChI=1S/C19H21N5O2S/c25-24(26)18-8-7-14(23-10-3-4-11-23)13-17(18)20-9-12-27-19-21-15-5-1-2-6-16(15)22-19/h1-2,5-8,13,20H,3-4,9-12H2,(H,21,22). The third-order valence-corrected chi connectivity index (χ3v) is 5.55. The second kappa shape index (κ2) is 7.87. The number of nitrogens with zero attached hydrogens (tertiary/aromatic N) is 3. The van der Waals surface area contributed by atoms with Crippen LogP contribution in [0.2, 0.25) is 0 Å². The predicted molar refractivity (Wildman–Crippen MR) is 110 cm³/mol. The maximum absolute atomic E-state index is 11.3. The summed E-state index contributed by atoms with van der Waals surface area (Å²) in [6.07, 6.45) is 2.35. The van der Waals surface area contributed by atoms with Crippen LogP contribution in [0.3, 0.4) is 0 Å². The minimum absolute atomic E-state index is 0.117. The first-order valence-corrected chi connectivity index (χ1v) is 10.0. The summed E-state index contributed by atoms with van der Waals surface area (Å²) in [5, 5.41) is 15.4. The Balaban J connectivity index is 1.40. The molecule has 1 aromatic heterocycles. The molecule has 0 unspecified atom stereocenters. The topological polar surface area (TPSA) is 87.1 Å². The molecular formula is C19H21N5O2S. The lowest BCUT2D eigenvalue weighted by molar-refractivity contribution is -0.383. The molecule has 4 rings (SSSR count). The summed E-state index contributed by atoms with van der Waals surface area (Å²) in [7, 11) is 0. The number of hydrogen-bond acceptors (Lipinski definition) is 6. The highest BCUT2D eigenvalue weighted by Crippen LogP contribution is 2.31. The first kappa shape index (κ1) is 17.7. The van der Waals surface area contributed by atoms with E-state index in [9.17, 15) is 10.1 Å². The molecule has 1 aliphatic heterocycles. The highest BCUT2D eigenvalue weighted by molar-refractivity contribution is 7.99. The average molecular weight is 383 g/mol. The molecule has 0 bridgehead atoms. The van der Waals surface area contributed by atoms with Crippen molar-refractivity contribution in [1.29, 1.82) is 0 Å². The van der Waals surface area contributed by atoms with Gasteiger partial charge in [0.2, 0.25) is 0 Å². The van der Waals surface area contributed by atoms with E-state index in [1.807, 2.05) is 36.4 Å². The van der Waals surface area contributed by atoms with Crippen molar-refractivity contribution in [2.45, 2.75) is 18.0 Å². The third-order valence-electron chi connectivity index (χ3n) is 4.67. The lowest BCUT2D eigenvalue weighted by Gasteiger charge is -2.18. The molecule has 0 aliphatic carbocycles. The van der Waals surface area contributed by atoms with Crippen LogP contribution in [0.1, 0.15) is 12.8 Å². The van der Waals surface area contributed by atoms with Gasteiger partial charge in [0.15, 0.2) is 5.16 Å². The monoisotopic (exact) mass is 383 g/mol. The van der Waals surface area contributed by atoms with Gasteiger partial charge in [-0.3, -0.25) is 10.1 Å². The van der Waals surface area contributed by atoms with Crippen LogP contribution >= 0.6 is 11.8 Å². The molecule has 0 saturated carbocycles. The van der Waals surface area contributed by atoms with Crippen molar-refractivity contribution in [2.75, 3.05) is 35.6 Å². The van der Waals surface area contributed by atoms with Crippen molar-refractivity contribution < 1.29 is 4.92 Å². The van der Waals surface area contributed by atoms with Gasteiger partial charge in [0.05, 0.1) is 16.0 Å². The molecule has 2 aromatic carbocycles. The molecule has 7 nitrogen and oxygen atoms in total. The molecule has 27 heavy (non-hydrogen) atoms. The van der Waals surface area contributed by atoms with Crippen molar-refractivity contribution in [3.05, 3.63) is 52.6 Å². The summed E-state index contributed by atoms with van der Waals surface area (Å²) in [4.78, 5) is 21.1. The number of hydrogen-bond donors (Lipinski definition) is 2. The Morgan fingerprint density at radius 3 is 2.81 bits per heavy atom. The van der Waals surface area contributed by atoms with Gasteiger partial charge in [0.25, 0.3) is 5.69 Å². The van der Waals surface area contributed by atoms with E-state index in [1.54, 1.807) is 17.8 Å². The van der Waals surface area contributed by atoms with Crippen molar-refractivity contribution in [3.63, 3.8) is 0 Å². The number of imidazole rings is 1. The number of H-pyrrole nitrogens is 1. The molecule has 140 valence electrons. The maximum atomic E-state index is 11.3. The number of rotatable bonds is 7. The van der Waals surface area contributed by atoms with Crippen LogP contribution in [0.15, 0.2) is 47.6 Å². The Labute approximate surface area is 161 Å². The summed E-state index contributed by atoms with van der Waals surface area (Å²) in [5.41, 5.74) is 3.70. The van der Waals surface area contributed by atoms with Gasteiger partial charge in [-0.25, -0.2) is 4.98 Å². The molecule has 2 N–H and O–H groups in total. The molecule has 1 fully saturated rings. The molecule has 0 atom stereocenters. The Morgan fingerprint density at radius 2 is 2.04 bits per heavy atom. The number of nitrogens with one attached hydrogen (secondary N) is 2. The molecule has 0 amide bonds. The summed E-state index contributed by atoms with van der Waals surface area (Å²) in [6, 6.07) is 13.3.